The molecule has 0 atom stereocenters. The Hall–Kier alpha value is -5.52. The first-order valence-electron chi connectivity index (χ1n) is 12.1. The van der Waals surface area contributed by atoms with Gasteiger partial charge in [-0.1, -0.05) is 24.3 Å². The maximum atomic E-state index is 16.3. The van der Waals surface area contributed by atoms with Crippen LogP contribution in [-0.2, 0) is 15.1 Å². The summed E-state index contributed by atoms with van der Waals surface area (Å²) in [5.74, 6) is -3.82. The minimum Gasteiger partial charge on any atom is -0.457 e. The van der Waals surface area contributed by atoms with Crippen molar-refractivity contribution < 1.29 is 55.7 Å². The third kappa shape index (κ3) is 4.42. The molecule has 0 spiro atoms. The summed E-state index contributed by atoms with van der Waals surface area (Å²) in [7, 11) is 0. The van der Waals surface area contributed by atoms with Crippen LogP contribution < -0.4 is 9.47 Å². The van der Waals surface area contributed by atoms with Gasteiger partial charge in [0.2, 0.25) is 0 Å². The number of carbonyl (C=O) groups is 4. The summed E-state index contributed by atoms with van der Waals surface area (Å²) in [6, 6.07) is 16.1. The van der Waals surface area contributed by atoms with E-state index in [1.807, 2.05) is 0 Å². The van der Waals surface area contributed by atoms with Gasteiger partial charge in [-0.3, -0.25) is 0 Å². The summed E-state index contributed by atoms with van der Waals surface area (Å²) in [5.41, 5.74) is -5.76. The van der Waals surface area contributed by atoms with E-state index < -0.39 is 46.8 Å². The molecule has 0 fully saturated rings. The van der Waals surface area contributed by atoms with Gasteiger partial charge in [0, 0.05) is 11.1 Å². The molecule has 4 aromatic rings. The van der Waals surface area contributed by atoms with Crippen molar-refractivity contribution in [1.82, 2.24) is 0 Å². The SMILES string of the molecule is O=C1OC(=O)c2cc(Oc3cccc(C(F)(c4cccc(Oc5ccc6c(c5)C(=O)OC6=O)c4)C(F)(F)F)c3)ccc21. The van der Waals surface area contributed by atoms with Crippen LogP contribution in [0.2, 0.25) is 0 Å². The number of hydrogen-bond acceptors (Lipinski definition) is 8. The maximum Gasteiger partial charge on any atom is 0.431 e. The molecule has 0 aromatic heterocycles. The first-order valence-corrected chi connectivity index (χ1v) is 12.1. The second-order valence-electron chi connectivity index (χ2n) is 9.18. The Kier molecular flexibility index (Phi) is 6.07. The fourth-order valence-corrected chi connectivity index (χ4v) is 4.57. The molecule has 6 rings (SSSR count). The van der Waals surface area contributed by atoms with Gasteiger partial charge < -0.3 is 18.9 Å². The van der Waals surface area contributed by atoms with Crippen molar-refractivity contribution in [2.45, 2.75) is 11.8 Å². The van der Waals surface area contributed by atoms with Crippen molar-refractivity contribution in [2.75, 3.05) is 0 Å². The molecule has 12 heteroatoms. The lowest BCUT2D eigenvalue weighted by Crippen LogP contribution is -2.39. The molecule has 2 heterocycles. The van der Waals surface area contributed by atoms with Crippen LogP contribution >= 0.6 is 0 Å². The summed E-state index contributed by atoms with van der Waals surface area (Å²) in [4.78, 5) is 47.0. The Bertz CT molecular complexity index is 1710. The van der Waals surface area contributed by atoms with E-state index in [1.165, 1.54) is 60.7 Å². The predicted octanol–water partition coefficient (Wildman–Crippen LogP) is 6.67. The van der Waals surface area contributed by atoms with E-state index in [-0.39, 0.29) is 45.3 Å². The van der Waals surface area contributed by atoms with Gasteiger partial charge in [0.15, 0.2) is 0 Å². The number of halogens is 4. The van der Waals surface area contributed by atoms with Gasteiger partial charge in [0.25, 0.3) is 5.67 Å². The highest BCUT2D eigenvalue weighted by molar-refractivity contribution is 6.15. The summed E-state index contributed by atoms with van der Waals surface area (Å²) in [6.45, 7) is 0. The summed E-state index contributed by atoms with van der Waals surface area (Å²) >= 11 is 0. The lowest BCUT2D eigenvalue weighted by Gasteiger charge is -2.29. The number of fused-ring (bicyclic) bond motifs is 2. The van der Waals surface area contributed by atoms with Crippen LogP contribution in [0.3, 0.4) is 0 Å². The van der Waals surface area contributed by atoms with E-state index in [2.05, 4.69) is 9.47 Å². The van der Waals surface area contributed by atoms with E-state index in [0.29, 0.717) is 0 Å². The summed E-state index contributed by atoms with van der Waals surface area (Å²) in [6.07, 6.45) is -5.43. The molecule has 210 valence electrons. The van der Waals surface area contributed by atoms with Gasteiger partial charge in [-0.2, -0.15) is 13.2 Å². The van der Waals surface area contributed by atoms with E-state index in [4.69, 9.17) is 9.47 Å². The molecule has 0 amide bonds. The molecule has 0 bridgehead atoms. The third-order valence-electron chi connectivity index (χ3n) is 6.56. The highest BCUT2D eigenvalue weighted by Gasteiger charge is 2.58. The lowest BCUT2D eigenvalue weighted by atomic mass is 9.87. The molecule has 0 aliphatic carbocycles. The monoisotopic (exact) mass is 578 g/mol. The van der Waals surface area contributed by atoms with Gasteiger partial charge in [-0.05, 0) is 60.7 Å². The molecule has 2 aliphatic rings. The molecule has 0 radical (unpaired) electrons. The predicted molar refractivity (Wildman–Crippen MR) is 133 cm³/mol. The van der Waals surface area contributed by atoms with Crippen LogP contribution in [0.4, 0.5) is 17.6 Å². The minimum atomic E-state index is -5.43. The molecule has 8 nitrogen and oxygen atoms in total. The third-order valence-corrected chi connectivity index (χ3v) is 6.56. The van der Waals surface area contributed by atoms with Crippen molar-refractivity contribution in [3.8, 4) is 23.0 Å². The zero-order valence-electron chi connectivity index (χ0n) is 20.9. The number of carbonyl (C=O) groups excluding carboxylic acids is 4. The van der Waals surface area contributed by atoms with Crippen LogP contribution in [0.15, 0.2) is 84.9 Å². The molecular weight excluding hydrogens is 564 g/mol. The number of ether oxygens (including phenoxy) is 4. The zero-order chi connectivity index (χ0) is 29.8. The molecule has 2 aliphatic heterocycles. The quantitative estimate of drug-likeness (QED) is 0.142. The van der Waals surface area contributed by atoms with Crippen LogP contribution in [0, 0.1) is 0 Å². The fraction of sp³-hybridized carbons (Fsp3) is 0.0667. The molecule has 42 heavy (non-hydrogen) atoms. The number of rotatable bonds is 6. The highest BCUT2D eigenvalue weighted by atomic mass is 19.4. The minimum absolute atomic E-state index is 0.00402. The number of benzene rings is 4. The van der Waals surface area contributed by atoms with E-state index >= 15 is 4.39 Å². The van der Waals surface area contributed by atoms with Gasteiger partial charge in [0.05, 0.1) is 22.3 Å². The van der Waals surface area contributed by atoms with Crippen molar-refractivity contribution in [3.63, 3.8) is 0 Å². The van der Waals surface area contributed by atoms with Gasteiger partial charge in [-0.25, -0.2) is 23.6 Å². The van der Waals surface area contributed by atoms with E-state index in [0.717, 1.165) is 24.3 Å². The van der Waals surface area contributed by atoms with Crippen LogP contribution in [0.1, 0.15) is 52.6 Å². The second-order valence-corrected chi connectivity index (χ2v) is 9.18. The Morgan fingerprint density at radius 2 is 0.857 bits per heavy atom. The van der Waals surface area contributed by atoms with Crippen molar-refractivity contribution in [2.24, 2.45) is 0 Å². The summed E-state index contributed by atoms with van der Waals surface area (Å²) < 4.78 is 79.8. The second kappa shape index (κ2) is 9.54. The van der Waals surface area contributed by atoms with Crippen LogP contribution in [0.5, 0.6) is 23.0 Å². The van der Waals surface area contributed by atoms with Gasteiger partial charge in [-0.15, -0.1) is 0 Å². The topological polar surface area (TPSA) is 105 Å². The average molecular weight is 578 g/mol. The molecule has 0 saturated heterocycles. The maximum absolute atomic E-state index is 16.3. The number of hydrogen-bond donors (Lipinski definition) is 0. The zero-order valence-corrected chi connectivity index (χ0v) is 20.9. The number of esters is 4. The lowest BCUT2D eigenvalue weighted by molar-refractivity contribution is -0.219. The summed E-state index contributed by atoms with van der Waals surface area (Å²) in [5, 5.41) is 0. The molecular formula is C30H14F4O8. The van der Waals surface area contributed by atoms with Crippen LogP contribution in [-0.4, -0.2) is 30.1 Å². The van der Waals surface area contributed by atoms with Crippen LogP contribution in [0.25, 0.3) is 0 Å². The average Bonchev–Trinajstić information content (AvgIpc) is 3.40. The Morgan fingerprint density at radius 3 is 1.26 bits per heavy atom. The first kappa shape index (κ1) is 26.7. The largest absolute Gasteiger partial charge is 0.457 e. The number of cyclic esters (lactones) is 4. The van der Waals surface area contributed by atoms with Gasteiger partial charge in [0.1, 0.15) is 23.0 Å². The highest BCUT2D eigenvalue weighted by Crippen LogP contribution is 2.49. The van der Waals surface area contributed by atoms with Gasteiger partial charge >= 0.3 is 30.1 Å². The standard InChI is InChI=1S/C30H14F4O8/c31-29(30(32,33)34,15-3-1-5-17(11-15)39-19-7-9-21-23(13-19)27(37)41-25(21)35)16-4-2-6-18(12-16)40-20-8-10-22-24(14-20)28(38)42-26(22)36/h1-14H. The molecule has 0 saturated carbocycles. The Labute approximate surface area is 233 Å². The molecule has 4 aromatic carbocycles. The normalized spacial score (nSPS) is 14.3. The molecule has 0 unspecified atom stereocenters. The van der Waals surface area contributed by atoms with Crippen molar-refractivity contribution in [1.29, 1.82) is 0 Å². The Morgan fingerprint density at radius 1 is 0.476 bits per heavy atom. The fourth-order valence-electron chi connectivity index (χ4n) is 4.57. The van der Waals surface area contributed by atoms with Crippen molar-refractivity contribution >= 4 is 23.9 Å². The van der Waals surface area contributed by atoms with Crippen molar-refractivity contribution in [3.05, 3.63) is 118 Å². The Balaban J connectivity index is 1.32. The number of alkyl halides is 4. The molecule has 0 N–H and O–H groups in total. The van der Waals surface area contributed by atoms with E-state index in [1.54, 1.807) is 0 Å². The first-order chi connectivity index (χ1) is 19.9. The van der Waals surface area contributed by atoms with E-state index in [9.17, 15) is 32.3 Å². The smallest absolute Gasteiger partial charge is 0.431 e.